The first kappa shape index (κ1) is 31.9. The maximum absolute atomic E-state index is 2.73. The van der Waals surface area contributed by atoms with E-state index in [-0.39, 0.29) is 0 Å². The van der Waals surface area contributed by atoms with Crippen molar-refractivity contribution in [3.8, 4) is 0 Å². The Balaban J connectivity index is 1.01. The number of rotatable bonds is 6. The third-order valence-corrected chi connectivity index (χ3v) is 13.6. The van der Waals surface area contributed by atoms with Gasteiger partial charge in [-0.25, -0.2) is 0 Å². The molecule has 0 aromatic rings. The first-order chi connectivity index (χ1) is 20.2. The van der Waals surface area contributed by atoms with E-state index in [2.05, 4.69) is 38.2 Å². The standard InChI is InChI=1S/C41H70/c1-3-16-32(2)33-23-14-25-35(26-15-24-33)39-28-27-38(29-39)34-19-10-12-21-37(22-13-11-20-34)41-30-40(31-41)36-17-8-6-4-5-7-9-18-36/h3,16,27-28,32-41H,4-15,17-26,29-31H2,1-2H3/b16-3+/t32-,33?,34?,35?,37?,38?,39-,40?,41?/m0/s1. The smallest absolute Gasteiger partial charge is 0.0199 e. The van der Waals surface area contributed by atoms with E-state index in [0.29, 0.717) is 0 Å². The highest BCUT2D eigenvalue weighted by atomic mass is 14.4. The van der Waals surface area contributed by atoms with Gasteiger partial charge in [0.25, 0.3) is 0 Å². The first-order valence-electron chi connectivity index (χ1n) is 19.5. The SMILES string of the molecule is C/C=C/[C@H](C)C1CCCC([C@H]2C=CC(C3CCCCC(C4CC(C5CCCCCCCC5)C4)CCCC3)C2)CCC1. The van der Waals surface area contributed by atoms with Crippen molar-refractivity contribution in [1.82, 2.24) is 0 Å². The molecule has 4 fully saturated rings. The largest absolute Gasteiger partial charge is 0.0914 e. The van der Waals surface area contributed by atoms with Crippen molar-refractivity contribution in [3.05, 3.63) is 24.3 Å². The molecule has 0 N–H and O–H groups in total. The highest BCUT2D eigenvalue weighted by molar-refractivity contribution is 5.06. The summed E-state index contributed by atoms with van der Waals surface area (Å²) in [6.07, 6.45) is 48.3. The first-order valence-corrected chi connectivity index (χ1v) is 19.5. The molecule has 41 heavy (non-hydrogen) atoms. The second-order valence-electron chi connectivity index (χ2n) is 16.3. The summed E-state index contributed by atoms with van der Waals surface area (Å²) in [5.41, 5.74) is 0. The molecular formula is C41H70. The van der Waals surface area contributed by atoms with Gasteiger partial charge in [-0.2, -0.15) is 0 Å². The van der Waals surface area contributed by atoms with Crippen LogP contribution in [0.25, 0.3) is 0 Å². The Morgan fingerprint density at radius 2 is 0.829 bits per heavy atom. The zero-order valence-corrected chi connectivity index (χ0v) is 27.8. The van der Waals surface area contributed by atoms with Gasteiger partial charge in [0.1, 0.15) is 0 Å². The molecule has 0 aromatic carbocycles. The molecule has 0 aromatic heterocycles. The van der Waals surface area contributed by atoms with Gasteiger partial charge in [0, 0.05) is 0 Å². The van der Waals surface area contributed by atoms with Crippen molar-refractivity contribution in [2.24, 2.45) is 59.2 Å². The molecule has 0 heteroatoms. The molecule has 0 saturated heterocycles. The molecule has 0 amide bonds. The lowest BCUT2D eigenvalue weighted by molar-refractivity contribution is 0.0554. The maximum Gasteiger partial charge on any atom is -0.0199 e. The zero-order valence-electron chi connectivity index (χ0n) is 27.8. The molecule has 5 aliphatic rings. The molecule has 3 atom stereocenters. The molecule has 0 heterocycles. The van der Waals surface area contributed by atoms with Crippen LogP contribution in [0.5, 0.6) is 0 Å². The predicted molar refractivity (Wildman–Crippen MR) is 180 cm³/mol. The van der Waals surface area contributed by atoms with E-state index < -0.39 is 0 Å². The second kappa shape index (κ2) is 17.1. The van der Waals surface area contributed by atoms with Crippen molar-refractivity contribution >= 4 is 0 Å². The fourth-order valence-corrected chi connectivity index (χ4v) is 10.9. The fourth-order valence-electron chi connectivity index (χ4n) is 10.9. The van der Waals surface area contributed by atoms with E-state index in [1.165, 1.54) is 122 Å². The van der Waals surface area contributed by atoms with Gasteiger partial charge in [0.05, 0.1) is 0 Å². The minimum Gasteiger partial charge on any atom is -0.0914 e. The van der Waals surface area contributed by atoms with E-state index >= 15 is 0 Å². The molecule has 0 nitrogen and oxygen atoms in total. The maximum atomic E-state index is 2.73. The van der Waals surface area contributed by atoms with Crippen LogP contribution in [-0.2, 0) is 0 Å². The summed E-state index contributed by atoms with van der Waals surface area (Å²) in [7, 11) is 0. The molecule has 0 spiro atoms. The predicted octanol–water partition coefficient (Wildman–Crippen LogP) is 13.1. The van der Waals surface area contributed by atoms with E-state index in [9.17, 15) is 0 Å². The Labute approximate surface area is 257 Å². The van der Waals surface area contributed by atoms with E-state index in [0.717, 1.165) is 59.2 Å². The molecule has 5 aliphatic carbocycles. The van der Waals surface area contributed by atoms with Gasteiger partial charge in [0.2, 0.25) is 0 Å². The number of allylic oxidation sites excluding steroid dienone is 4. The molecule has 1 unspecified atom stereocenters. The molecule has 0 bridgehead atoms. The van der Waals surface area contributed by atoms with Crippen molar-refractivity contribution in [1.29, 1.82) is 0 Å². The van der Waals surface area contributed by atoms with E-state index in [1.54, 1.807) is 38.5 Å². The lowest BCUT2D eigenvalue weighted by Gasteiger charge is -2.45. The minimum absolute atomic E-state index is 0.779. The Morgan fingerprint density at radius 1 is 0.439 bits per heavy atom. The Morgan fingerprint density at radius 3 is 1.29 bits per heavy atom. The summed E-state index contributed by atoms with van der Waals surface area (Å²) in [6.45, 7) is 4.65. The van der Waals surface area contributed by atoms with Crippen LogP contribution in [-0.4, -0.2) is 0 Å². The lowest BCUT2D eigenvalue weighted by Crippen LogP contribution is -2.35. The fraction of sp³-hybridized carbons (Fsp3) is 0.902. The van der Waals surface area contributed by atoms with Gasteiger partial charge in [0.15, 0.2) is 0 Å². The van der Waals surface area contributed by atoms with E-state index in [4.69, 9.17) is 0 Å². The Hall–Kier alpha value is -0.520. The van der Waals surface area contributed by atoms with Crippen molar-refractivity contribution in [2.75, 3.05) is 0 Å². The quantitative estimate of drug-likeness (QED) is 0.282. The van der Waals surface area contributed by atoms with Gasteiger partial charge in [-0.3, -0.25) is 0 Å². The third kappa shape index (κ3) is 9.48. The molecule has 0 radical (unpaired) electrons. The second-order valence-corrected chi connectivity index (χ2v) is 16.3. The van der Waals surface area contributed by atoms with Crippen molar-refractivity contribution in [2.45, 2.75) is 174 Å². The minimum atomic E-state index is 0.779. The monoisotopic (exact) mass is 563 g/mol. The Bertz CT molecular complexity index is 737. The van der Waals surface area contributed by atoms with Crippen LogP contribution < -0.4 is 0 Å². The highest BCUT2D eigenvalue weighted by Crippen LogP contribution is 2.49. The summed E-state index contributed by atoms with van der Waals surface area (Å²) in [4.78, 5) is 0. The summed E-state index contributed by atoms with van der Waals surface area (Å²) in [5.74, 6) is 9.88. The van der Waals surface area contributed by atoms with Crippen LogP contribution in [0.15, 0.2) is 24.3 Å². The third-order valence-electron chi connectivity index (χ3n) is 13.6. The molecule has 5 rings (SSSR count). The van der Waals surface area contributed by atoms with Crippen molar-refractivity contribution < 1.29 is 0 Å². The zero-order chi connectivity index (χ0) is 28.3. The van der Waals surface area contributed by atoms with Crippen LogP contribution in [0.1, 0.15) is 174 Å². The van der Waals surface area contributed by atoms with Gasteiger partial charge >= 0.3 is 0 Å². The summed E-state index contributed by atoms with van der Waals surface area (Å²) in [6, 6.07) is 0. The van der Waals surface area contributed by atoms with Gasteiger partial charge < -0.3 is 0 Å². The van der Waals surface area contributed by atoms with Crippen LogP contribution >= 0.6 is 0 Å². The summed E-state index contributed by atoms with van der Waals surface area (Å²) >= 11 is 0. The van der Waals surface area contributed by atoms with E-state index in [1.807, 2.05) is 0 Å². The summed E-state index contributed by atoms with van der Waals surface area (Å²) < 4.78 is 0. The molecule has 0 aliphatic heterocycles. The molecule has 234 valence electrons. The summed E-state index contributed by atoms with van der Waals surface area (Å²) in [5, 5.41) is 0. The van der Waals surface area contributed by atoms with Crippen LogP contribution in [0, 0.1) is 59.2 Å². The van der Waals surface area contributed by atoms with Crippen LogP contribution in [0.3, 0.4) is 0 Å². The highest BCUT2D eigenvalue weighted by Gasteiger charge is 2.38. The lowest BCUT2D eigenvalue weighted by atomic mass is 9.60. The normalized spacial score (nSPS) is 40.0. The van der Waals surface area contributed by atoms with Gasteiger partial charge in [-0.1, -0.05) is 134 Å². The van der Waals surface area contributed by atoms with Gasteiger partial charge in [-0.15, -0.1) is 0 Å². The molecular weight excluding hydrogens is 492 g/mol. The number of hydrogen-bond donors (Lipinski definition) is 0. The Kier molecular flexibility index (Phi) is 13.3. The average molecular weight is 563 g/mol. The average Bonchev–Trinajstić information content (AvgIpc) is 3.46. The molecule has 4 saturated carbocycles. The van der Waals surface area contributed by atoms with Crippen molar-refractivity contribution in [3.63, 3.8) is 0 Å². The van der Waals surface area contributed by atoms with Crippen LogP contribution in [0.4, 0.5) is 0 Å². The number of hydrogen-bond acceptors (Lipinski definition) is 0. The topological polar surface area (TPSA) is 0 Å². The van der Waals surface area contributed by atoms with Crippen LogP contribution in [0.2, 0.25) is 0 Å². The van der Waals surface area contributed by atoms with Gasteiger partial charge in [-0.05, 0) is 124 Å².